The molecule has 2 rings (SSSR count). The molecule has 0 radical (unpaired) electrons. The van der Waals surface area contributed by atoms with Crippen molar-refractivity contribution in [1.82, 2.24) is 9.55 Å². The summed E-state index contributed by atoms with van der Waals surface area (Å²) in [5.74, 6) is 1.22. The van der Waals surface area contributed by atoms with Crippen LogP contribution in [0.5, 0.6) is 0 Å². The number of imidazole rings is 1. The van der Waals surface area contributed by atoms with Gasteiger partial charge in [-0.1, -0.05) is 44.2 Å². The van der Waals surface area contributed by atoms with Crippen molar-refractivity contribution in [2.75, 3.05) is 5.73 Å². The molecule has 1 heterocycles. The van der Waals surface area contributed by atoms with Crippen LogP contribution in [0.1, 0.15) is 37.4 Å². The van der Waals surface area contributed by atoms with E-state index in [9.17, 15) is 0 Å². The van der Waals surface area contributed by atoms with Gasteiger partial charge in [0.25, 0.3) is 0 Å². The summed E-state index contributed by atoms with van der Waals surface area (Å²) in [7, 11) is 0. The number of rotatable bonds is 4. The van der Waals surface area contributed by atoms with E-state index in [2.05, 4.69) is 31.0 Å². The van der Waals surface area contributed by atoms with E-state index >= 15 is 0 Å². The van der Waals surface area contributed by atoms with Gasteiger partial charge < -0.3 is 10.3 Å². The first-order valence-electron chi connectivity index (χ1n) is 6.06. The average molecular weight is 229 g/mol. The van der Waals surface area contributed by atoms with Gasteiger partial charge in [0, 0.05) is 5.92 Å². The third-order valence-electron chi connectivity index (χ3n) is 3.18. The number of anilines is 1. The lowest BCUT2D eigenvalue weighted by Gasteiger charge is -2.08. The van der Waals surface area contributed by atoms with Gasteiger partial charge in [-0.3, -0.25) is 0 Å². The topological polar surface area (TPSA) is 43.8 Å². The molecule has 2 aromatic rings. The lowest BCUT2D eigenvalue weighted by Crippen LogP contribution is -2.05. The summed E-state index contributed by atoms with van der Waals surface area (Å²) in [4.78, 5) is 4.42. The minimum Gasteiger partial charge on any atom is -0.384 e. The molecule has 0 saturated carbocycles. The largest absolute Gasteiger partial charge is 0.384 e. The summed E-state index contributed by atoms with van der Waals surface area (Å²) in [6.07, 6.45) is 2.90. The molecule has 1 atom stereocenters. The van der Waals surface area contributed by atoms with E-state index in [0.717, 1.165) is 24.5 Å². The molecule has 17 heavy (non-hydrogen) atoms. The van der Waals surface area contributed by atoms with E-state index in [1.807, 2.05) is 29.1 Å². The van der Waals surface area contributed by atoms with Crippen LogP contribution in [0.15, 0.2) is 36.7 Å². The van der Waals surface area contributed by atoms with E-state index in [1.165, 1.54) is 5.56 Å². The molecule has 1 unspecified atom stereocenters. The van der Waals surface area contributed by atoms with E-state index < -0.39 is 0 Å². The molecule has 0 aliphatic carbocycles. The van der Waals surface area contributed by atoms with Gasteiger partial charge >= 0.3 is 0 Å². The number of nitrogens with two attached hydrogens (primary N) is 1. The first-order chi connectivity index (χ1) is 8.22. The van der Waals surface area contributed by atoms with E-state index in [-0.39, 0.29) is 0 Å². The first-order valence-corrected chi connectivity index (χ1v) is 6.06. The van der Waals surface area contributed by atoms with Crippen molar-refractivity contribution in [3.63, 3.8) is 0 Å². The fourth-order valence-corrected chi connectivity index (χ4v) is 1.89. The van der Waals surface area contributed by atoms with E-state index in [4.69, 9.17) is 5.73 Å². The van der Waals surface area contributed by atoms with Crippen LogP contribution in [-0.2, 0) is 6.54 Å². The van der Waals surface area contributed by atoms with Crippen LogP contribution in [0.4, 0.5) is 5.82 Å². The molecule has 1 aromatic heterocycles. The van der Waals surface area contributed by atoms with Crippen molar-refractivity contribution in [3.05, 3.63) is 47.9 Å². The lowest BCUT2D eigenvalue weighted by atomic mass is 10.1. The van der Waals surface area contributed by atoms with E-state index in [1.54, 1.807) is 0 Å². The molecule has 0 aliphatic heterocycles. The van der Waals surface area contributed by atoms with Crippen LogP contribution in [0.25, 0.3) is 0 Å². The number of hydrogen-bond acceptors (Lipinski definition) is 2. The standard InChI is InChI=1S/C14H19N3/c1-3-11(2)13-14(15)17(10-16-13)9-12-7-5-4-6-8-12/h4-8,10-11H,3,9,15H2,1-2H3. The highest BCUT2D eigenvalue weighted by atomic mass is 15.1. The van der Waals surface area contributed by atoms with E-state index in [0.29, 0.717) is 5.92 Å². The Morgan fingerprint density at radius 1 is 1.29 bits per heavy atom. The Labute approximate surface area is 102 Å². The van der Waals surface area contributed by atoms with Crippen LogP contribution < -0.4 is 5.73 Å². The second-order valence-electron chi connectivity index (χ2n) is 4.44. The molecule has 0 fully saturated rings. The summed E-state index contributed by atoms with van der Waals surface area (Å²) in [5, 5.41) is 0. The summed E-state index contributed by atoms with van der Waals surface area (Å²) in [6, 6.07) is 10.3. The molecule has 0 aliphatic rings. The van der Waals surface area contributed by atoms with Crippen LogP contribution in [0.2, 0.25) is 0 Å². The van der Waals surface area contributed by atoms with Gasteiger partial charge in [-0.25, -0.2) is 4.98 Å². The number of nitrogen functional groups attached to an aromatic ring is 1. The SMILES string of the molecule is CCC(C)c1ncn(Cc2ccccc2)c1N. The second kappa shape index (κ2) is 5.04. The number of benzene rings is 1. The van der Waals surface area contributed by atoms with Crippen LogP contribution in [-0.4, -0.2) is 9.55 Å². The van der Waals surface area contributed by atoms with Crippen molar-refractivity contribution in [2.24, 2.45) is 0 Å². The highest BCUT2D eigenvalue weighted by Crippen LogP contribution is 2.23. The van der Waals surface area contributed by atoms with Gasteiger partial charge in [-0.2, -0.15) is 0 Å². The lowest BCUT2D eigenvalue weighted by molar-refractivity contribution is 0.714. The smallest absolute Gasteiger partial charge is 0.127 e. The summed E-state index contributed by atoms with van der Waals surface area (Å²) >= 11 is 0. The third kappa shape index (κ3) is 2.49. The maximum absolute atomic E-state index is 6.13. The Morgan fingerprint density at radius 3 is 2.65 bits per heavy atom. The molecule has 2 N–H and O–H groups in total. The molecule has 0 saturated heterocycles. The van der Waals surface area contributed by atoms with Crippen molar-refractivity contribution in [3.8, 4) is 0 Å². The van der Waals surface area contributed by atoms with Gasteiger partial charge in [0.05, 0.1) is 18.6 Å². The van der Waals surface area contributed by atoms with Crippen LogP contribution in [0, 0.1) is 0 Å². The van der Waals surface area contributed by atoms with Crippen molar-refractivity contribution in [1.29, 1.82) is 0 Å². The highest BCUT2D eigenvalue weighted by molar-refractivity contribution is 5.39. The fraction of sp³-hybridized carbons (Fsp3) is 0.357. The Kier molecular flexibility index (Phi) is 3.47. The molecule has 0 spiro atoms. The molecule has 1 aromatic carbocycles. The maximum Gasteiger partial charge on any atom is 0.127 e. The second-order valence-corrected chi connectivity index (χ2v) is 4.44. The highest BCUT2D eigenvalue weighted by Gasteiger charge is 2.12. The van der Waals surface area contributed by atoms with Crippen LogP contribution >= 0.6 is 0 Å². The molecule has 0 amide bonds. The van der Waals surface area contributed by atoms with Crippen molar-refractivity contribution in [2.45, 2.75) is 32.7 Å². The average Bonchev–Trinajstić information content (AvgIpc) is 2.72. The Morgan fingerprint density at radius 2 is 2.00 bits per heavy atom. The summed E-state index contributed by atoms with van der Waals surface area (Å²) < 4.78 is 2.01. The van der Waals surface area contributed by atoms with Crippen molar-refractivity contribution < 1.29 is 0 Å². The minimum atomic E-state index is 0.423. The molecular formula is C14H19N3. The molecule has 3 nitrogen and oxygen atoms in total. The maximum atomic E-state index is 6.13. The van der Waals surface area contributed by atoms with Gasteiger partial charge in [0.2, 0.25) is 0 Å². The monoisotopic (exact) mass is 229 g/mol. The third-order valence-corrected chi connectivity index (χ3v) is 3.18. The zero-order valence-electron chi connectivity index (χ0n) is 10.4. The quantitative estimate of drug-likeness (QED) is 0.875. The number of hydrogen-bond donors (Lipinski definition) is 1. The Bertz CT molecular complexity index is 473. The molecule has 0 bridgehead atoms. The van der Waals surface area contributed by atoms with Gasteiger partial charge in [0.15, 0.2) is 0 Å². The first kappa shape index (κ1) is 11.7. The van der Waals surface area contributed by atoms with Gasteiger partial charge in [0.1, 0.15) is 5.82 Å². The fourth-order valence-electron chi connectivity index (χ4n) is 1.89. The summed E-state index contributed by atoms with van der Waals surface area (Å²) in [5.41, 5.74) is 8.39. The Balaban J connectivity index is 2.21. The Hall–Kier alpha value is -1.77. The van der Waals surface area contributed by atoms with Crippen LogP contribution in [0.3, 0.4) is 0 Å². The van der Waals surface area contributed by atoms with Crippen molar-refractivity contribution >= 4 is 5.82 Å². The zero-order chi connectivity index (χ0) is 12.3. The van der Waals surface area contributed by atoms with Gasteiger partial charge in [-0.15, -0.1) is 0 Å². The minimum absolute atomic E-state index is 0.423. The molecule has 3 heteroatoms. The summed E-state index contributed by atoms with van der Waals surface area (Å²) in [6.45, 7) is 5.10. The van der Waals surface area contributed by atoms with Gasteiger partial charge in [-0.05, 0) is 12.0 Å². The normalized spacial score (nSPS) is 12.6. The predicted octanol–water partition coefficient (Wildman–Crippen LogP) is 3.03. The predicted molar refractivity (Wildman–Crippen MR) is 70.9 cm³/mol. The zero-order valence-corrected chi connectivity index (χ0v) is 10.4. The number of aromatic nitrogens is 2. The molecular weight excluding hydrogens is 210 g/mol. The number of nitrogens with zero attached hydrogens (tertiary/aromatic N) is 2. The molecule has 90 valence electrons.